The largest absolute Gasteiger partial charge is 0.456 e. The minimum Gasteiger partial charge on any atom is -0.456 e. The van der Waals surface area contributed by atoms with E-state index in [0.29, 0.717) is 5.82 Å². The summed E-state index contributed by atoms with van der Waals surface area (Å²) in [4.78, 5) is 10.6. The molecule has 0 aliphatic carbocycles. The van der Waals surface area contributed by atoms with Crippen molar-refractivity contribution in [2.75, 3.05) is 0 Å². The van der Waals surface area contributed by atoms with Crippen molar-refractivity contribution in [2.24, 2.45) is 0 Å². The predicted octanol–water partition coefficient (Wildman–Crippen LogP) is 12.6. The van der Waals surface area contributed by atoms with E-state index in [1.54, 1.807) is 0 Å². The van der Waals surface area contributed by atoms with E-state index in [1.807, 2.05) is 29.5 Å². The minimum atomic E-state index is 0.695. The van der Waals surface area contributed by atoms with Crippen LogP contribution in [-0.4, -0.2) is 9.97 Å². The Morgan fingerprint density at radius 2 is 1.06 bits per heavy atom. The van der Waals surface area contributed by atoms with Gasteiger partial charge in [0.15, 0.2) is 5.82 Å². The SMILES string of the molecule is c1ccc(-c2cccc(-c3cccc(-c4nc(-c5ccc6sc7ccccc7c6c5)c5c(ccc6oc7ccccc7c65)n4)c3)c2)cc1. The van der Waals surface area contributed by atoms with Crippen LogP contribution in [0.4, 0.5) is 0 Å². The summed E-state index contributed by atoms with van der Waals surface area (Å²) >= 11 is 1.83. The van der Waals surface area contributed by atoms with E-state index in [9.17, 15) is 0 Å². The third kappa shape index (κ3) is 4.34. The maximum absolute atomic E-state index is 6.33. The van der Waals surface area contributed by atoms with Gasteiger partial charge in [0.05, 0.1) is 11.2 Å². The zero-order valence-electron chi connectivity index (χ0n) is 25.7. The van der Waals surface area contributed by atoms with Gasteiger partial charge in [-0.25, -0.2) is 9.97 Å². The van der Waals surface area contributed by atoms with Gasteiger partial charge in [0.2, 0.25) is 0 Å². The highest BCUT2D eigenvalue weighted by Crippen LogP contribution is 2.42. The minimum absolute atomic E-state index is 0.695. The molecule has 0 unspecified atom stereocenters. The number of thiophene rings is 1. The highest BCUT2D eigenvalue weighted by atomic mass is 32.1. The second-order valence-corrected chi connectivity index (χ2v) is 13.2. The lowest BCUT2D eigenvalue weighted by molar-refractivity contribution is 0.669. The highest BCUT2D eigenvalue weighted by Gasteiger charge is 2.19. The number of nitrogens with zero attached hydrogens (tertiary/aromatic N) is 2. The first-order valence-electron chi connectivity index (χ1n) is 16.1. The molecule has 0 amide bonds. The summed E-state index contributed by atoms with van der Waals surface area (Å²) in [5.74, 6) is 0.695. The van der Waals surface area contributed by atoms with Crippen LogP contribution in [0.25, 0.3) is 97.9 Å². The van der Waals surface area contributed by atoms with Crippen molar-refractivity contribution in [3.8, 4) is 44.9 Å². The first kappa shape index (κ1) is 27.1. The average Bonchev–Trinajstić information content (AvgIpc) is 3.73. The molecule has 0 bridgehead atoms. The Balaban J connectivity index is 1.21. The van der Waals surface area contributed by atoms with Gasteiger partial charge >= 0.3 is 0 Å². The van der Waals surface area contributed by atoms with Crippen LogP contribution in [-0.2, 0) is 0 Å². The number of furan rings is 1. The molecule has 0 aliphatic heterocycles. The molecular formula is C44H26N2OS. The monoisotopic (exact) mass is 630 g/mol. The number of rotatable bonds is 4. The van der Waals surface area contributed by atoms with Crippen molar-refractivity contribution in [1.29, 1.82) is 0 Å². The van der Waals surface area contributed by atoms with Crippen LogP contribution in [0.3, 0.4) is 0 Å². The number of aromatic nitrogens is 2. The molecule has 0 N–H and O–H groups in total. The fourth-order valence-corrected chi connectivity index (χ4v) is 8.08. The van der Waals surface area contributed by atoms with Crippen molar-refractivity contribution in [3.63, 3.8) is 0 Å². The van der Waals surface area contributed by atoms with Gasteiger partial charge in [0.1, 0.15) is 11.2 Å². The quantitative estimate of drug-likeness (QED) is 0.194. The summed E-state index contributed by atoms with van der Waals surface area (Å²) < 4.78 is 8.89. The number of hydrogen-bond acceptors (Lipinski definition) is 4. The van der Waals surface area contributed by atoms with Gasteiger partial charge in [-0.1, -0.05) is 109 Å². The zero-order chi connectivity index (χ0) is 31.6. The standard InChI is InChI=1S/C44H26N2OS/c1-2-10-27(11-3-1)28-12-8-13-29(24-28)30-14-9-15-32(25-30)44-45-36-21-22-38-41(34-17-4-6-18-37(34)47-38)42(36)43(46-44)31-20-23-40-35(26-31)33-16-5-7-19-39(33)48-40/h1-26H. The molecule has 3 heterocycles. The molecule has 4 heteroatoms. The Hall–Kier alpha value is -6.10. The Kier molecular flexibility index (Phi) is 6.05. The van der Waals surface area contributed by atoms with Crippen LogP contribution >= 0.6 is 11.3 Å². The maximum atomic E-state index is 6.33. The molecule has 0 atom stereocenters. The van der Waals surface area contributed by atoms with E-state index < -0.39 is 0 Å². The van der Waals surface area contributed by atoms with Gasteiger partial charge in [-0.2, -0.15) is 0 Å². The lowest BCUT2D eigenvalue weighted by Crippen LogP contribution is -1.96. The van der Waals surface area contributed by atoms with Crippen LogP contribution in [0, 0.1) is 0 Å². The van der Waals surface area contributed by atoms with Crippen molar-refractivity contribution in [2.45, 2.75) is 0 Å². The van der Waals surface area contributed by atoms with Gasteiger partial charge in [-0.15, -0.1) is 11.3 Å². The Morgan fingerprint density at radius 3 is 1.92 bits per heavy atom. The van der Waals surface area contributed by atoms with Gasteiger partial charge in [0, 0.05) is 47.5 Å². The molecule has 7 aromatic carbocycles. The first-order valence-corrected chi connectivity index (χ1v) is 16.9. The molecule has 3 aromatic heterocycles. The normalized spacial score (nSPS) is 11.8. The van der Waals surface area contributed by atoms with E-state index in [2.05, 4.69) is 140 Å². The molecule has 0 radical (unpaired) electrons. The number of benzene rings is 7. The van der Waals surface area contributed by atoms with E-state index in [1.165, 1.54) is 31.3 Å². The summed E-state index contributed by atoms with van der Waals surface area (Å²) in [6.45, 7) is 0. The van der Waals surface area contributed by atoms with Crippen molar-refractivity contribution >= 4 is 64.4 Å². The molecule has 0 saturated carbocycles. The molecule has 3 nitrogen and oxygen atoms in total. The Bertz CT molecular complexity index is 2850. The topological polar surface area (TPSA) is 38.9 Å². The summed E-state index contributed by atoms with van der Waals surface area (Å²) in [5.41, 5.74) is 10.2. The molecular weight excluding hydrogens is 605 g/mol. The molecule has 0 saturated heterocycles. The highest BCUT2D eigenvalue weighted by molar-refractivity contribution is 7.25. The van der Waals surface area contributed by atoms with E-state index in [4.69, 9.17) is 14.4 Å². The van der Waals surface area contributed by atoms with Gasteiger partial charge in [-0.05, 0) is 70.8 Å². The van der Waals surface area contributed by atoms with Gasteiger partial charge in [-0.3, -0.25) is 0 Å². The number of para-hydroxylation sites is 1. The molecule has 0 spiro atoms. The summed E-state index contributed by atoms with van der Waals surface area (Å²) in [5, 5.41) is 5.63. The van der Waals surface area contributed by atoms with Crippen LogP contribution in [0.15, 0.2) is 162 Å². The third-order valence-corrected chi connectivity index (χ3v) is 10.4. The lowest BCUT2D eigenvalue weighted by atomic mass is 9.97. The van der Waals surface area contributed by atoms with E-state index in [0.717, 1.165) is 60.8 Å². The van der Waals surface area contributed by atoms with E-state index in [-0.39, 0.29) is 0 Å². The van der Waals surface area contributed by atoms with Crippen molar-refractivity contribution < 1.29 is 4.42 Å². The second kappa shape index (κ2) is 10.7. The zero-order valence-corrected chi connectivity index (χ0v) is 26.5. The van der Waals surface area contributed by atoms with Crippen LogP contribution in [0.1, 0.15) is 0 Å². The van der Waals surface area contributed by atoms with Gasteiger partial charge < -0.3 is 4.42 Å². The van der Waals surface area contributed by atoms with Crippen LogP contribution < -0.4 is 0 Å². The Labute approximate surface area is 280 Å². The fraction of sp³-hybridized carbons (Fsp3) is 0. The smallest absolute Gasteiger partial charge is 0.160 e. The molecule has 0 aliphatic rings. The van der Waals surface area contributed by atoms with Gasteiger partial charge in [0.25, 0.3) is 0 Å². The molecule has 10 rings (SSSR count). The van der Waals surface area contributed by atoms with Crippen molar-refractivity contribution in [3.05, 3.63) is 158 Å². The average molecular weight is 631 g/mol. The maximum Gasteiger partial charge on any atom is 0.160 e. The number of hydrogen-bond donors (Lipinski definition) is 0. The molecule has 10 aromatic rings. The first-order chi connectivity index (χ1) is 23.8. The van der Waals surface area contributed by atoms with Crippen LogP contribution in [0.2, 0.25) is 0 Å². The van der Waals surface area contributed by atoms with Crippen LogP contribution in [0.5, 0.6) is 0 Å². The molecule has 0 fully saturated rings. The fourth-order valence-electron chi connectivity index (χ4n) is 7.00. The summed E-state index contributed by atoms with van der Waals surface area (Å²) in [6, 6.07) is 55.5. The Morgan fingerprint density at radius 1 is 0.396 bits per heavy atom. The molecule has 224 valence electrons. The second-order valence-electron chi connectivity index (χ2n) is 12.2. The predicted molar refractivity (Wildman–Crippen MR) is 201 cm³/mol. The number of fused-ring (bicyclic) bond motifs is 8. The summed E-state index contributed by atoms with van der Waals surface area (Å²) in [6.07, 6.45) is 0. The van der Waals surface area contributed by atoms with E-state index >= 15 is 0 Å². The van der Waals surface area contributed by atoms with Crippen molar-refractivity contribution in [1.82, 2.24) is 9.97 Å². The lowest BCUT2D eigenvalue weighted by Gasteiger charge is -2.12. The molecule has 48 heavy (non-hydrogen) atoms. The summed E-state index contributed by atoms with van der Waals surface area (Å²) in [7, 11) is 0. The third-order valence-electron chi connectivity index (χ3n) is 9.28.